The Kier molecular flexibility index (Phi) is 4.83. The van der Waals surface area contributed by atoms with Crippen molar-refractivity contribution in [2.45, 2.75) is 57.2 Å². The molecular formula is C21H24N2O4S2. The van der Waals surface area contributed by atoms with Crippen molar-refractivity contribution in [2.75, 3.05) is 0 Å². The van der Waals surface area contributed by atoms with Gasteiger partial charge in [0.25, 0.3) is 0 Å². The summed E-state index contributed by atoms with van der Waals surface area (Å²) < 4.78 is 37.6. The number of aromatic nitrogens is 1. The number of ether oxygens (including phenoxy) is 1. The minimum absolute atomic E-state index is 0.0829. The molecule has 3 aromatic rings. The molecule has 1 aliphatic rings. The predicted octanol–water partition coefficient (Wildman–Crippen LogP) is 3.97. The van der Waals surface area contributed by atoms with Crippen LogP contribution in [0.5, 0.6) is 5.75 Å². The number of hydrogen-bond acceptors (Lipinski definition) is 5. The number of hydrogen-bond donors (Lipinski definition) is 1. The van der Waals surface area contributed by atoms with Crippen LogP contribution in [0, 0.1) is 6.92 Å². The van der Waals surface area contributed by atoms with Gasteiger partial charge in [0.1, 0.15) is 11.4 Å². The van der Waals surface area contributed by atoms with Gasteiger partial charge < -0.3 is 4.74 Å². The van der Waals surface area contributed by atoms with Crippen molar-refractivity contribution in [3.63, 3.8) is 0 Å². The molecule has 0 amide bonds. The van der Waals surface area contributed by atoms with E-state index in [1.807, 2.05) is 45.9 Å². The van der Waals surface area contributed by atoms with Gasteiger partial charge >= 0.3 is 4.87 Å². The molecular weight excluding hydrogens is 408 g/mol. The van der Waals surface area contributed by atoms with Gasteiger partial charge in [-0.1, -0.05) is 23.5 Å². The number of aryl methyl sites for hydroxylation is 2. The molecule has 0 fully saturated rings. The van der Waals surface area contributed by atoms with Crippen molar-refractivity contribution in [3.8, 4) is 5.75 Å². The van der Waals surface area contributed by atoms with Crippen molar-refractivity contribution in [3.05, 3.63) is 57.2 Å². The average molecular weight is 433 g/mol. The molecule has 0 aliphatic carbocycles. The van der Waals surface area contributed by atoms with Gasteiger partial charge in [-0.2, -0.15) is 0 Å². The predicted molar refractivity (Wildman–Crippen MR) is 115 cm³/mol. The van der Waals surface area contributed by atoms with Crippen LogP contribution in [0.15, 0.2) is 46.1 Å². The lowest BCUT2D eigenvalue weighted by Crippen LogP contribution is -2.41. The highest BCUT2D eigenvalue weighted by atomic mass is 32.2. The summed E-state index contributed by atoms with van der Waals surface area (Å²) in [5.74, 6) is 0.711. The standard InChI is InChI=1S/C21H24N2O4S2/c1-5-23-17-9-7-14(11-19(17)28-20(23)24)29(25,26)22-16-12-21(3,4)27-18-10-13(2)6-8-15(16)18/h6-11,16,22H,5,12H2,1-4H3. The number of nitrogens with zero attached hydrogens (tertiary/aromatic N) is 1. The van der Waals surface area contributed by atoms with E-state index in [1.165, 1.54) is 0 Å². The monoisotopic (exact) mass is 432 g/mol. The molecule has 29 heavy (non-hydrogen) atoms. The Balaban J connectivity index is 1.72. The van der Waals surface area contributed by atoms with Gasteiger partial charge in [-0.3, -0.25) is 9.36 Å². The first-order chi connectivity index (χ1) is 13.6. The lowest BCUT2D eigenvalue weighted by Gasteiger charge is -2.38. The Morgan fingerprint density at radius 2 is 2.00 bits per heavy atom. The number of nitrogens with one attached hydrogen (secondary N) is 1. The Morgan fingerprint density at radius 1 is 1.24 bits per heavy atom. The van der Waals surface area contributed by atoms with Crippen LogP contribution in [0.2, 0.25) is 0 Å². The van der Waals surface area contributed by atoms with E-state index >= 15 is 0 Å². The van der Waals surface area contributed by atoms with E-state index in [4.69, 9.17) is 4.74 Å². The highest BCUT2D eigenvalue weighted by molar-refractivity contribution is 7.89. The van der Waals surface area contributed by atoms with E-state index in [2.05, 4.69) is 4.72 Å². The quantitative estimate of drug-likeness (QED) is 0.677. The van der Waals surface area contributed by atoms with Gasteiger partial charge in [-0.05, 0) is 57.5 Å². The number of rotatable bonds is 4. The first-order valence-electron chi connectivity index (χ1n) is 9.55. The number of fused-ring (bicyclic) bond motifs is 2. The Hall–Kier alpha value is -2.16. The first-order valence-corrected chi connectivity index (χ1v) is 11.8. The van der Waals surface area contributed by atoms with E-state index in [9.17, 15) is 13.2 Å². The maximum atomic E-state index is 13.2. The van der Waals surface area contributed by atoms with Crippen LogP contribution in [0.3, 0.4) is 0 Å². The first kappa shape index (κ1) is 20.1. The minimum Gasteiger partial charge on any atom is -0.487 e. The fourth-order valence-corrected chi connectivity index (χ4v) is 6.14. The zero-order chi connectivity index (χ0) is 21.0. The second kappa shape index (κ2) is 6.97. The maximum absolute atomic E-state index is 13.2. The lowest BCUT2D eigenvalue weighted by molar-refractivity contribution is 0.0701. The van der Waals surface area contributed by atoms with Crippen molar-refractivity contribution < 1.29 is 13.2 Å². The molecule has 6 nitrogen and oxygen atoms in total. The van der Waals surface area contributed by atoms with E-state index in [0.29, 0.717) is 23.4 Å². The van der Waals surface area contributed by atoms with Crippen LogP contribution in [-0.4, -0.2) is 18.6 Å². The topological polar surface area (TPSA) is 77.4 Å². The van der Waals surface area contributed by atoms with E-state index in [0.717, 1.165) is 28.0 Å². The Morgan fingerprint density at radius 3 is 2.72 bits per heavy atom. The summed E-state index contributed by atoms with van der Waals surface area (Å²) >= 11 is 1.06. The summed E-state index contributed by atoms with van der Waals surface area (Å²) in [4.78, 5) is 12.2. The van der Waals surface area contributed by atoms with Crippen LogP contribution in [0.4, 0.5) is 0 Å². The zero-order valence-electron chi connectivity index (χ0n) is 16.9. The molecule has 2 aromatic carbocycles. The summed E-state index contributed by atoms with van der Waals surface area (Å²) in [6.07, 6.45) is 0.518. The third kappa shape index (κ3) is 3.72. The van der Waals surface area contributed by atoms with Crippen LogP contribution in [0.25, 0.3) is 10.2 Å². The van der Waals surface area contributed by atoms with Crippen molar-refractivity contribution >= 4 is 31.6 Å². The van der Waals surface area contributed by atoms with Crippen molar-refractivity contribution in [1.29, 1.82) is 0 Å². The normalized spacial score (nSPS) is 18.4. The van der Waals surface area contributed by atoms with Gasteiger partial charge in [0, 0.05) is 18.5 Å². The van der Waals surface area contributed by atoms with Crippen LogP contribution in [-0.2, 0) is 16.6 Å². The van der Waals surface area contributed by atoms with Crippen LogP contribution < -0.4 is 14.3 Å². The van der Waals surface area contributed by atoms with Crippen LogP contribution in [0.1, 0.15) is 44.4 Å². The van der Waals surface area contributed by atoms with E-state index in [1.54, 1.807) is 22.8 Å². The molecule has 8 heteroatoms. The molecule has 1 N–H and O–H groups in total. The Bertz CT molecular complexity index is 1260. The summed E-state index contributed by atoms with van der Waals surface area (Å²) in [6.45, 7) is 8.34. The molecule has 1 atom stereocenters. The fraction of sp³-hybridized carbons (Fsp3) is 0.381. The van der Waals surface area contributed by atoms with Gasteiger partial charge in [0.05, 0.1) is 21.2 Å². The summed E-state index contributed by atoms with van der Waals surface area (Å²) in [7, 11) is -3.77. The SMILES string of the molecule is CCn1c(=O)sc2cc(S(=O)(=O)NC3CC(C)(C)Oc4cc(C)ccc43)ccc21. The highest BCUT2D eigenvalue weighted by Crippen LogP contribution is 2.40. The van der Waals surface area contributed by atoms with Crippen molar-refractivity contribution in [2.24, 2.45) is 0 Å². The smallest absolute Gasteiger partial charge is 0.308 e. The third-order valence-electron chi connectivity index (χ3n) is 5.19. The number of thiazole rings is 1. The zero-order valence-corrected chi connectivity index (χ0v) is 18.5. The molecule has 0 saturated heterocycles. The molecule has 1 aliphatic heterocycles. The molecule has 0 bridgehead atoms. The fourth-order valence-electron chi connectivity index (χ4n) is 3.83. The van der Waals surface area contributed by atoms with Gasteiger partial charge in [0.2, 0.25) is 10.0 Å². The van der Waals surface area contributed by atoms with Gasteiger partial charge in [0.15, 0.2) is 0 Å². The third-order valence-corrected chi connectivity index (χ3v) is 7.60. The van der Waals surface area contributed by atoms with Gasteiger partial charge in [-0.15, -0.1) is 0 Å². The molecule has 2 heterocycles. The number of benzene rings is 2. The lowest BCUT2D eigenvalue weighted by atomic mass is 9.90. The minimum atomic E-state index is -3.77. The second-order valence-corrected chi connectivity index (χ2v) is 10.7. The van der Waals surface area contributed by atoms with Crippen LogP contribution >= 0.6 is 11.3 Å². The Labute approximate surface area is 174 Å². The van der Waals surface area contributed by atoms with Crippen molar-refractivity contribution in [1.82, 2.24) is 9.29 Å². The molecule has 1 unspecified atom stereocenters. The molecule has 0 spiro atoms. The average Bonchev–Trinajstić information content (AvgIpc) is 2.94. The molecule has 154 valence electrons. The number of sulfonamides is 1. The largest absolute Gasteiger partial charge is 0.487 e. The summed E-state index contributed by atoms with van der Waals surface area (Å²) in [5, 5.41) is 0. The molecule has 1 aromatic heterocycles. The maximum Gasteiger partial charge on any atom is 0.308 e. The molecule has 4 rings (SSSR count). The van der Waals surface area contributed by atoms with E-state index < -0.39 is 21.7 Å². The van der Waals surface area contributed by atoms with Gasteiger partial charge in [-0.25, -0.2) is 13.1 Å². The molecule has 0 saturated carbocycles. The summed E-state index contributed by atoms with van der Waals surface area (Å²) in [6, 6.07) is 10.3. The van der Waals surface area contributed by atoms with E-state index in [-0.39, 0.29) is 9.77 Å². The molecule has 0 radical (unpaired) electrons. The highest BCUT2D eigenvalue weighted by Gasteiger charge is 2.36. The second-order valence-electron chi connectivity index (χ2n) is 8.02. The summed E-state index contributed by atoms with van der Waals surface area (Å²) in [5.41, 5.74) is 2.16.